The Morgan fingerprint density at radius 1 is 1.05 bits per heavy atom. The van der Waals surface area contributed by atoms with Gasteiger partial charge in [0.05, 0.1) is 11.4 Å². The van der Waals surface area contributed by atoms with Gasteiger partial charge in [-0.15, -0.1) is 0 Å². The van der Waals surface area contributed by atoms with Gasteiger partial charge in [0.15, 0.2) is 0 Å². The SMILES string of the molecule is O=C(Nc1ccccc1N1CCCCC1)C1CCC1. The van der Waals surface area contributed by atoms with Crippen molar-refractivity contribution in [2.24, 2.45) is 5.92 Å². The van der Waals surface area contributed by atoms with Gasteiger partial charge in [0.25, 0.3) is 0 Å². The summed E-state index contributed by atoms with van der Waals surface area (Å²) in [6.45, 7) is 2.21. The maximum atomic E-state index is 12.1. The van der Waals surface area contributed by atoms with Crippen molar-refractivity contribution in [3.05, 3.63) is 24.3 Å². The predicted octanol–water partition coefficient (Wildman–Crippen LogP) is 3.42. The second kappa shape index (κ2) is 5.64. The molecule has 0 atom stereocenters. The Morgan fingerprint density at radius 2 is 1.79 bits per heavy atom. The van der Waals surface area contributed by atoms with E-state index < -0.39 is 0 Å². The number of piperidine rings is 1. The average molecular weight is 258 g/mol. The summed E-state index contributed by atoms with van der Waals surface area (Å²) in [7, 11) is 0. The number of nitrogens with one attached hydrogen (secondary N) is 1. The smallest absolute Gasteiger partial charge is 0.227 e. The van der Waals surface area contributed by atoms with E-state index in [0.29, 0.717) is 0 Å². The van der Waals surface area contributed by atoms with E-state index >= 15 is 0 Å². The zero-order valence-electron chi connectivity index (χ0n) is 11.4. The minimum atomic E-state index is 0.204. The molecular weight excluding hydrogens is 236 g/mol. The summed E-state index contributed by atoms with van der Waals surface area (Å²) in [6.07, 6.45) is 7.14. The first-order chi connectivity index (χ1) is 9.34. The minimum Gasteiger partial charge on any atom is -0.370 e. The molecule has 1 aromatic rings. The van der Waals surface area contributed by atoms with Crippen LogP contribution < -0.4 is 10.2 Å². The van der Waals surface area contributed by atoms with Gasteiger partial charge in [-0.3, -0.25) is 4.79 Å². The molecule has 1 aliphatic carbocycles. The lowest BCUT2D eigenvalue weighted by Gasteiger charge is -2.31. The van der Waals surface area contributed by atoms with Crippen molar-refractivity contribution >= 4 is 17.3 Å². The number of carbonyl (C=O) groups is 1. The number of carbonyl (C=O) groups excluding carboxylic acids is 1. The average Bonchev–Trinajstić information content (AvgIpc) is 2.38. The van der Waals surface area contributed by atoms with Crippen LogP contribution in [0.25, 0.3) is 0 Å². The molecule has 0 unspecified atom stereocenters. The summed E-state index contributed by atoms with van der Waals surface area (Å²) in [5.41, 5.74) is 2.18. The summed E-state index contributed by atoms with van der Waals surface area (Å²) < 4.78 is 0. The summed E-state index contributed by atoms with van der Waals surface area (Å²) in [5.74, 6) is 0.449. The van der Waals surface area contributed by atoms with Gasteiger partial charge in [0.2, 0.25) is 5.91 Å². The van der Waals surface area contributed by atoms with Crippen molar-refractivity contribution in [1.82, 2.24) is 0 Å². The zero-order valence-corrected chi connectivity index (χ0v) is 11.4. The van der Waals surface area contributed by atoms with Crippen molar-refractivity contribution in [2.45, 2.75) is 38.5 Å². The zero-order chi connectivity index (χ0) is 13.1. The van der Waals surface area contributed by atoms with Crippen LogP contribution in [0.4, 0.5) is 11.4 Å². The number of hydrogen-bond acceptors (Lipinski definition) is 2. The molecule has 19 heavy (non-hydrogen) atoms. The van der Waals surface area contributed by atoms with Crippen molar-refractivity contribution < 1.29 is 4.79 Å². The number of benzene rings is 1. The van der Waals surface area contributed by atoms with Gasteiger partial charge in [0, 0.05) is 19.0 Å². The van der Waals surface area contributed by atoms with Crippen molar-refractivity contribution in [2.75, 3.05) is 23.3 Å². The van der Waals surface area contributed by atoms with Gasteiger partial charge in [-0.05, 0) is 44.2 Å². The lowest BCUT2D eigenvalue weighted by atomic mass is 9.85. The summed E-state index contributed by atoms with van der Waals surface area (Å²) in [4.78, 5) is 14.5. The van der Waals surface area contributed by atoms with Crippen molar-refractivity contribution in [1.29, 1.82) is 0 Å². The number of anilines is 2. The summed E-state index contributed by atoms with van der Waals surface area (Å²) >= 11 is 0. The number of rotatable bonds is 3. The van der Waals surface area contributed by atoms with Crippen LogP contribution in [0, 0.1) is 5.92 Å². The van der Waals surface area contributed by atoms with E-state index in [4.69, 9.17) is 0 Å². The molecule has 102 valence electrons. The Balaban J connectivity index is 1.74. The highest BCUT2D eigenvalue weighted by Crippen LogP contribution is 2.31. The fourth-order valence-electron chi connectivity index (χ4n) is 2.90. The molecule has 1 aromatic carbocycles. The number of hydrogen-bond donors (Lipinski definition) is 1. The molecule has 0 bridgehead atoms. The second-order valence-electron chi connectivity index (χ2n) is 5.68. The summed E-state index contributed by atoms with van der Waals surface area (Å²) in [5, 5.41) is 3.13. The van der Waals surface area contributed by atoms with Crippen LogP contribution in [0.5, 0.6) is 0 Å². The lowest BCUT2D eigenvalue weighted by molar-refractivity contribution is -0.122. The first-order valence-corrected chi connectivity index (χ1v) is 7.49. The third-order valence-electron chi connectivity index (χ3n) is 4.33. The first-order valence-electron chi connectivity index (χ1n) is 7.49. The summed E-state index contributed by atoms with van der Waals surface area (Å²) in [6, 6.07) is 8.22. The van der Waals surface area contributed by atoms with Gasteiger partial charge < -0.3 is 10.2 Å². The maximum absolute atomic E-state index is 12.1. The molecule has 1 heterocycles. The normalized spacial score (nSPS) is 19.9. The fraction of sp³-hybridized carbons (Fsp3) is 0.562. The van der Waals surface area contributed by atoms with E-state index in [9.17, 15) is 4.79 Å². The molecule has 1 N–H and O–H groups in total. The van der Waals surface area contributed by atoms with Gasteiger partial charge in [-0.2, -0.15) is 0 Å². The van der Waals surface area contributed by atoms with E-state index in [0.717, 1.165) is 31.6 Å². The van der Waals surface area contributed by atoms with Gasteiger partial charge in [0.1, 0.15) is 0 Å². The molecule has 1 saturated carbocycles. The minimum absolute atomic E-state index is 0.204. The second-order valence-corrected chi connectivity index (χ2v) is 5.68. The van der Waals surface area contributed by atoms with E-state index in [2.05, 4.69) is 22.3 Å². The number of amides is 1. The van der Waals surface area contributed by atoms with E-state index in [1.54, 1.807) is 0 Å². The van der Waals surface area contributed by atoms with Gasteiger partial charge >= 0.3 is 0 Å². The molecule has 1 aliphatic heterocycles. The van der Waals surface area contributed by atoms with E-state index in [-0.39, 0.29) is 11.8 Å². The highest BCUT2D eigenvalue weighted by Gasteiger charge is 2.26. The van der Waals surface area contributed by atoms with Crippen LogP contribution in [0.1, 0.15) is 38.5 Å². The Morgan fingerprint density at radius 3 is 2.47 bits per heavy atom. The Hall–Kier alpha value is -1.51. The Labute approximate surface area is 115 Å². The van der Waals surface area contributed by atoms with Crippen LogP contribution in [0.3, 0.4) is 0 Å². The predicted molar refractivity (Wildman–Crippen MR) is 78.5 cm³/mol. The van der Waals surface area contributed by atoms with Crippen LogP contribution in [-0.4, -0.2) is 19.0 Å². The fourth-order valence-corrected chi connectivity index (χ4v) is 2.90. The lowest BCUT2D eigenvalue weighted by Crippen LogP contribution is -2.32. The van der Waals surface area contributed by atoms with Gasteiger partial charge in [-0.25, -0.2) is 0 Å². The van der Waals surface area contributed by atoms with Crippen LogP contribution >= 0.6 is 0 Å². The molecule has 1 amide bonds. The quantitative estimate of drug-likeness (QED) is 0.901. The third-order valence-corrected chi connectivity index (χ3v) is 4.33. The maximum Gasteiger partial charge on any atom is 0.227 e. The molecule has 3 nitrogen and oxygen atoms in total. The molecule has 2 aliphatic rings. The molecule has 1 saturated heterocycles. The molecule has 0 aromatic heterocycles. The van der Waals surface area contributed by atoms with Gasteiger partial charge in [-0.1, -0.05) is 18.6 Å². The largest absolute Gasteiger partial charge is 0.370 e. The highest BCUT2D eigenvalue weighted by atomic mass is 16.1. The molecule has 0 spiro atoms. The van der Waals surface area contributed by atoms with Crippen LogP contribution in [-0.2, 0) is 4.79 Å². The van der Waals surface area contributed by atoms with Crippen molar-refractivity contribution in [3.8, 4) is 0 Å². The number of para-hydroxylation sites is 2. The Bertz CT molecular complexity index is 448. The van der Waals surface area contributed by atoms with Crippen LogP contribution in [0.2, 0.25) is 0 Å². The molecule has 2 fully saturated rings. The third kappa shape index (κ3) is 2.75. The van der Waals surface area contributed by atoms with Crippen molar-refractivity contribution in [3.63, 3.8) is 0 Å². The molecule has 3 rings (SSSR count). The monoisotopic (exact) mass is 258 g/mol. The highest BCUT2D eigenvalue weighted by molar-refractivity contribution is 5.96. The topological polar surface area (TPSA) is 32.3 Å². The number of nitrogens with zero attached hydrogens (tertiary/aromatic N) is 1. The standard InChI is InChI=1S/C16H22N2O/c19-16(13-7-6-8-13)17-14-9-2-3-10-15(14)18-11-4-1-5-12-18/h2-3,9-10,13H,1,4-8,11-12H2,(H,17,19). The van der Waals surface area contributed by atoms with Crippen LogP contribution in [0.15, 0.2) is 24.3 Å². The molecular formula is C16H22N2O. The first kappa shape index (κ1) is 12.5. The molecule has 0 radical (unpaired) electrons. The Kier molecular flexibility index (Phi) is 3.72. The van der Waals surface area contributed by atoms with E-state index in [1.165, 1.54) is 31.4 Å². The van der Waals surface area contributed by atoms with E-state index in [1.807, 2.05) is 12.1 Å². The molecule has 3 heteroatoms.